The number of allylic oxidation sites excluding steroid dienone is 1. The van der Waals surface area contributed by atoms with Crippen molar-refractivity contribution in [2.24, 2.45) is 0 Å². The maximum absolute atomic E-state index is 12.3. The minimum absolute atomic E-state index is 0.240. The number of nitrogens with zero attached hydrogens (tertiary/aromatic N) is 1. The zero-order valence-corrected chi connectivity index (χ0v) is 16.1. The highest BCUT2D eigenvalue weighted by atomic mass is 16.2. The van der Waals surface area contributed by atoms with E-state index in [0.717, 1.165) is 31.2 Å². The number of hydrogen-bond donors (Lipinski definition) is 2. The van der Waals surface area contributed by atoms with Crippen LogP contribution in [0.4, 0.5) is 0 Å². The summed E-state index contributed by atoms with van der Waals surface area (Å²) in [7, 11) is 0. The van der Waals surface area contributed by atoms with Gasteiger partial charge in [-0.3, -0.25) is 9.59 Å². The molecule has 0 fully saturated rings. The molecule has 28 heavy (non-hydrogen) atoms. The Morgan fingerprint density at radius 1 is 0.821 bits per heavy atom. The first-order valence-corrected chi connectivity index (χ1v) is 9.97. The van der Waals surface area contributed by atoms with Crippen LogP contribution in [0.1, 0.15) is 58.6 Å². The molecule has 1 aromatic heterocycles. The predicted octanol–water partition coefficient (Wildman–Crippen LogP) is 3.67. The van der Waals surface area contributed by atoms with Crippen molar-refractivity contribution in [3.63, 3.8) is 0 Å². The molecule has 0 bridgehead atoms. The first kappa shape index (κ1) is 19.8. The van der Waals surface area contributed by atoms with Crippen LogP contribution in [-0.4, -0.2) is 29.9 Å². The van der Waals surface area contributed by atoms with Crippen molar-refractivity contribution in [2.75, 3.05) is 13.1 Å². The molecule has 2 amide bonds. The second-order valence-electron chi connectivity index (χ2n) is 7.01. The van der Waals surface area contributed by atoms with Gasteiger partial charge in [0.05, 0.1) is 0 Å². The van der Waals surface area contributed by atoms with Crippen molar-refractivity contribution in [2.45, 2.75) is 38.5 Å². The molecule has 1 aromatic carbocycles. The minimum atomic E-state index is -0.266. The van der Waals surface area contributed by atoms with Gasteiger partial charge < -0.3 is 10.6 Å². The zero-order valence-electron chi connectivity index (χ0n) is 16.1. The van der Waals surface area contributed by atoms with Gasteiger partial charge in [-0.25, -0.2) is 4.98 Å². The summed E-state index contributed by atoms with van der Waals surface area (Å²) in [5, 5.41) is 5.76. The Labute approximate surface area is 166 Å². The van der Waals surface area contributed by atoms with Crippen LogP contribution in [-0.2, 0) is 6.42 Å². The van der Waals surface area contributed by atoms with Crippen LogP contribution in [0.3, 0.4) is 0 Å². The summed E-state index contributed by atoms with van der Waals surface area (Å²) in [6.07, 6.45) is 8.70. The first-order chi connectivity index (χ1) is 13.7. The quantitative estimate of drug-likeness (QED) is 0.690. The highest BCUT2D eigenvalue weighted by Gasteiger charge is 2.12. The molecule has 0 aliphatic heterocycles. The van der Waals surface area contributed by atoms with Gasteiger partial charge in [-0.1, -0.05) is 48.0 Å². The lowest BCUT2D eigenvalue weighted by atomic mass is 9.97. The predicted molar refractivity (Wildman–Crippen MR) is 110 cm³/mol. The topological polar surface area (TPSA) is 71.1 Å². The normalized spacial score (nSPS) is 13.5. The van der Waals surface area contributed by atoms with E-state index in [-0.39, 0.29) is 23.2 Å². The van der Waals surface area contributed by atoms with E-state index in [1.165, 1.54) is 18.4 Å². The molecule has 2 aromatic rings. The van der Waals surface area contributed by atoms with Crippen LogP contribution in [0.25, 0.3) is 0 Å². The summed E-state index contributed by atoms with van der Waals surface area (Å²) in [6.45, 7) is 1.12. The number of rotatable bonds is 8. The SMILES string of the molecule is O=C(NCCC1=CCCCC1)c1cccc(C(=O)NCCc2ccccc2)n1. The van der Waals surface area contributed by atoms with Crippen molar-refractivity contribution in [3.05, 3.63) is 77.1 Å². The van der Waals surface area contributed by atoms with Crippen LogP contribution in [0.15, 0.2) is 60.2 Å². The van der Waals surface area contributed by atoms with Gasteiger partial charge in [0.15, 0.2) is 0 Å². The van der Waals surface area contributed by atoms with Gasteiger partial charge in [-0.2, -0.15) is 0 Å². The lowest BCUT2D eigenvalue weighted by Gasteiger charge is -2.13. The number of pyridine rings is 1. The number of carbonyl (C=O) groups excluding carboxylic acids is 2. The van der Waals surface area contributed by atoms with Crippen LogP contribution in [0.2, 0.25) is 0 Å². The summed E-state index contributed by atoms with van der Waals surface area (Å²) in [5.41, 5.74) is 3.12. The first-order valence-electron chi connectivity index (χ1n) is 9.97. The summed E-state index contributed by atoms with van der Waals surface area (Å²) >= 11 is 0. The zero-order chi connectivity index (χ0) is 19.6. The number of benzene rings is 1. The lowest BCUT2D eigenvalue weighted by molar-refractivity contribution is 0.0945. The average molecular weight is 377 g/mol. The number of nitrogens with one attached hydrogen (secondary N) is 2. The molecule has 1 heterocycles. The second kappa shape index (κ2) is 10.4. The van der Waals surface area contributed by atoms with E-state index in [9.17, 15) is 9.59 Å². The Balaban J connectivity index is 1.47. The Kier molecular flexibility index (Phi) is 7.36. The summed E-state index contributed by atoms with van der Waals surface area (Å²) in [5.74, 6) is -0.506. The molecular formula is C23H27N3O2. The summed E-state index contributed by atoms with van der Waals surface area (Å²) in [4.78, 5) is 28.9. The number of aromatic nitrogens is 1. The maximum atomic E-state index is 12.3. The van der Waals surface area contributed by atoms with Gasteiger partial charge in [0.1, 0.15) is 11.4 Å². The average Bonchev–Trinajstić information content (AvgIpc) is 2.75. The van der Waals surface area contributed by atoms with E-state index < -0.39 is 0 Å². The van der Waals surface area contributed by atoms with Crippen molar-refractivity contribution < 1.29 is 9.59 Å². The number of amides is 2. The highest BCUT2D eigenvalue weighted by Crippen LogP contribution is 2.19. The van der Waals surface area contributed by atoms with Crippen LogP contribution < -0.4 is 10.6 Å². The third-order valence-electron chi connectivity index (χ3n) is 4.87. The van der Waals surface area contributed by atoms with Gasteiger partial charge in [0.25, 0.3) is 11.8 Å². The molecule has 1 aliphatic rings. The van der Waals surface area contributed by atoms with E-state index in [1.807, 2.05) is 30.3 Å². The standard InChI is InChI=1S/C23H27N3O2/c27-22(24-16-14-18-8-3-1-4-9-18)20-12-7-13-21(26-20)23(28)25-17-15-19-10-5-2-6-11-19/h1,3-4,7-10,12-13H,2,5-6,11,14-17H2,(H,24,27)(H,25,28). The van der Waals surface area contributed by atoms with E-state index in [4.69, 9.17) is 0 Å². The van der Waals surface area contributed by atoms with Crippen molar-refractivity contribution in [1.29, 1.82) is 0 Å². The van der Waals surface area contributed by atoms with Crippen LogP contribution >= 0.6 is 0 Å². The molecule has 5 heteroatoms. The largest absolute Gasteiger partial charge is 0.350 e. The van der Waals surface area contributed by atoms with Gasteiger partial charge in [0, 0.05) is 13.1 Å². The fourth-order valence-corrected chi connectivity index (χ4v) is 3.30. The molecule has 0 radical (unpaired) electrons. The van der Waals surface area contributed by atoms with Gasteiger partial charge in [-0.05, 0) is 56.2 Å². The third-order valence-corrected chi connectivity index (χ3v) is 4.87. The molecule has 0 spiro atoms. The molecule has 3 rings (SSSR count). The minimum Gasteiger partial charge on any atom is -0.350 e. The molecule has 1 aliphatic carbocycles. The number of carbonyl (C=O) groups is 2. The molecule has 2 N–H and O–H groups in total. The fourth-order valence-electron chi connectivity index (χ4n) is 3.30. The Morgan fingerprint density at radius 3 is 2.14 bits per heavy atom. The Morgan fingerprint density at radius 2 is 1.50 bits per heavy atom. The monoisotopic (exact) mass is 377 g/mol. The van der Waals surface area contributed by atoms with Crippen LogP contribution in [0.5, 0.6) is 0 Å². The molecule has 146 valence electrons. The lowest BCUT2D eigenvalue weighted by Crippen LogP contribution is -2.29. The molecule has 0 saturated heterocycles. The third kappa shape index (κ3) is 6.05. The fraction of sp³-hybridized carbons (Fsp3) is 0.348. The molecule has 0 saturated carbocycles. The van der Waals surface area contributed by atoms with Crippen molar-refractivity contribution in [3.8, 4) is 0 Å². The Hall–Kier alpha value is -2.95. The second-order valence-corrected chi connectivity index (χ2v) is 7.01. The van der Waals surface area contributed by atoms with Crippen LogP contribution in [0, 0.1) is 0 Å². The maximum Gasteiger partial charge on any atom is 0.269 e. The molecular weight excluding hydrogens is 350 g/mol. The van der Waals surface area contributed by atoms with Crippen molar-refractivity contribution >= 4 is 11.8 Å². The summed E-state index contributed by atoms with van der Waals surface area (Å²) in [6, 6.07) is 14.9. The molecule has 5 nitrogen and oxygen atoms in total. The van der Waals surface area contributed by atoms with Gasteiger partial charge in [0.2, 0.25) is 0 Å². The van der Waals surface area contributed by atoms with Gasteiger partial charge >= 0.3 is 0 Å². The van der Waals surface area contributed by atoms with E-state index in [2.05, 4.69) is 21.7 Å². The van der Waals surface area contributed by atoms with E-state index >= 15 is 0 Å². The van der Waals surface area contributed by atoms with E-state index in [0.29, 0.717) is 13.1 Å². The van der Waals surface area contributed by atoms with Crippen molar-refractivity contribution in [1.82, 2.24) is 15.6 Å². The highest BCUT2D eigenvalue weighted by molar-refractivity contribution is 5.96. The smallest absolute Gasteiger partial charge is 0.269 e. The summed E-state index contributed by atoms with van der Waals surface area (Å²) < 4.78 is 0. The molecule has 0 atom stereocenters. The van der Waals surface area contributed by atoms with Gasteiger partial charge in [-0.15, -0.1) is 0 Å². The Bertz CT molecular complexity index is 831. The van der Waals surface area contributed by atoms with E-state index in [1.54, 1.807) is 18.2 Å². The molecule has 0 unspecified atom stereocenters. The number of hydrogen-bond acceptors (Lipinski definition) is 3.